The predicted octanol–water partition coefficient (Wildman–Crippen LogP) is 0.331. The molecule has 0 spiro atoms. The van der Waals surface area contributed by atoms with Gasteiger partial charge in [0, 0.05) is 25.2 Å². The second kappa shape index (κ2) is 6.04. The van der Waals surface area contributed by atoms with Crippen LogP contribution in [0.3, 0.4) is 0 Å². The molecule has 0 aromatic rings. The van der Waals surface area contributed by atoms with Gasteiger partial charge in [0.1, 0.15) is 6.04 Å². The van der Waals surface area contributed by atoms with Gasteiger partial charge in [0.2, 0.25) is 0 Å². The minimum absolute atomic E-state index is 0.220. The third kappa shape index (κ3) is 4.18. The quantitative estimate of drug-likeness (QED) is 0.699. The Morgan fingerprint density at radius 3 is 2.67 bits per heavy atom. The number of carbonyl (C=O) groups excluding carboxylic acids is 2. The molecule has 1 heterocycles. The van der Waals surface area contributed by atoms with Crippen LogP contribution in [-0.4, -0.2) is 54.7 Å². The summed E-state index contributed by atoms with van der Waals surface area (Å²) >= 11 is 0. The van der Waals surface area contributed by atoms with Crippen molar-refractivity contribution in [3.05, 3.63) is 0 Å². The Morgan fingerprint density at radius 1 is 1.44 bits per heavy atom. The second-order valence-electron chi connectivity index (χ2n) is 5.35. The monoisotopic (exact) mass is 257 g/mol. The molecule has 0 aliphatic carbocycles. The SMILES string of the molecule is CCOC(=O)C1CNCCN1C(=O)NC(C)(C)C. The van der Waals surface area contributed by atoms with Gasteiger partial charge >= 0.3 is 12.0 Å². The number of nitrogens with one attached hydrogen (secondary N) is 2. The first kappa shape index (κ1) is 14.8. The molecule has 0 saturated carbocycles. The van der Waals surface area contributed by atoms with E-state index >= 15 is 0 Å². The zero-order valence-electron chi connectivity index (χ0n) is 11.6. The molecule has 1 fully saturated rings. The van der Waals surface area contributed by atoms with Crippen LogP contribution in [0.15, 0.2) is 0 Å². The van der Waals surface area contributed by atoms with E-state index in [4.69, 9.17) is 4.74 Å². The lowest BCUT2D eigenvalue weighted by atomic mass is 10.1. The summed E-state index contributed by atoms with van der Waals surface area (Å²) in [5.74, 6) is -0.353. The van der Waals surface area contributed by atoms with E-state index in [1.807, 2.05) is 20.8 Å². The van der Waals surface area contributed by atoms with Crippen LogP contribution in [0.25, 0.3) is 0 Å². The van der Waals surface area contributed by atoms with Crippen LogP contribution < -0.4 is 10.6 Å². The van der Waals surface area contributed by atoms with Crippen molar-refractivity contribution in [2.45, 2.75) is 39.3 Å². The van der Waals surface area contributed by atoms with Crippen LogP contribution in [0.4, 0.5) is 4.79 Å². The maximum absolute atomic E-state index is 12.1. The number of nitrogens with zero attached hydrogens (tertiary/aromatic N) is 1. The van der Waals surface area contributed by atoms with Crippen molar-refractivity contribution in [3.8, 4) is 0 Å². The van der Waals surface area contributed by atoms with Crippen molar-refractivity contribution in [3.63, 3.8) is 0 Å². The summed E-state index contributed by atoms with van der Waals surface area (Å²) in [5.41, 5.74) is -0.318. The van der Waals surface area contributed by atoms with Crippen LogP contribution in [0, 0.1) is 0 Å². The normalized spacial score (nSPS) is 20.4. The van der Waals surface area contributed by atoms with Crippen LogP contribution in [0.1, 0.15) is 27.7 Å². The summed E-state index contributed by atoms with van der Waals surface area (Å²) in [7, 11) is 0. The van der Waals surface area contributed by atoms with Gasteiger partial charge in [-0.2, -0.15) is 0 Å². The van der Waals surface area contributed by atoms with Gasteiger partial charge in [-0.15, -0.1) is 0 Å². The molecule has 1 unspecified atom stereocenters. The third-order valence-corrected chi connectivity index (χ3v) is 2.54. The van der Waals surface area contributed by atoms with E-state index in [1.165, 1.54) is 0 Å². The molecule has 104 valence electrons. The first-order chi connectivity index (χ1) is 8.35. The topological polar surface area (TPSA) is 70.7 Å². The first-order valence-corrected chi connectivity index (χ1v) is 6.31. The molecule has 0 aromatic carbocycles. The number of hydrogen-bond donors (Lipinski definition) is 2. The summed E-state index contributed by atoms with van der Waals surface area (Å²) in [6, 6.07) is -0.761. The first-order valence-electron chi connectivity index (χ1n) is 6.31. The van der Waals surface area contributed by atoms with Crippen LogP contribution in [0.5, 0.6) is 0 Å². The minimum Gasteiger partial charge on any atom is -0.464 e. The third-order valence-electron chi connectivity index (χ3n) is 2.54. The van der Waals surface area contributed by atoms with Gasteiger partial charge in [0.15, 0.2) is 0 Å². The number of hydrogen-bond acceptors (Lipinski definition) is 4. The number of ether oxygens (including phenoxy) is 1. The lowest BCUT2D eigenvalue weighted by Crippen LogP contribution is -2.61. The van der Waals surface area contributed by atoms with Gasteiger partial charge in [-0.25, -0.2) is 9.59 Å². The number of esters is 1. The molecule has 0 radical (unpaired) electrons. The Hall–Kier alpha value is -1.30. The highest BCUT2D eigenvalue weighted by atomic mass is 16.5. The van der Waals surface area contributed by atoms with E-state index in [0.717, 1.165) is 0 Å². The molecule has 6 heteroatoms. The number of rotatable bonds is 2. The van der Waals surface area contributed by atoms with Gasteiger partial charge in [0.25, 0.3) is 0 Å². The highest BCUT2D eigenvalue weighted by Gasteiger charge is 2.34. The molecule has 18 heavy (non-hydrogen) atoms. The smallest absolute Gasteiger partial charge is 0.330 e. The molecule has 1 rings (SSSR count). The van der Waals surface area contributed by atoms with E-state index in [1.54, 1.807) is 11.8 Å². The van der Waals surface area contributed by atoms with Crippen LogP contribution in [-0.2, 0) is 9.53 Å². The van der Waals surface area contributed by atoms with Gasteiger partial charge < -0.3 is 20.3 Å². The van der Waals surface area contributed by atoms with Crippen molar-refractivity contribution in [2.24, 2.45) is 0 Å². The molecule has 1 saturated heterocycles. The largest absolute Gasteiger partial charge is 0.464 e. The van der Waals surface area contributed by atoms with Crippen molar-refractivity contribution in [1.29, 1.82) is 0 Å². The Balaban J connectivity index is 2.70. The molecular weight excluding hydrogens is 234 g/mol. The second-order valence-corrected chi connectivity index (χ2v) is 5.35. The fourth-order valence-corrected chi connectivity index (χ4v) is 1.79. The molecule has 1 aliphatic heterocycles. The molecule has 1 atom stereocenters. The average Bonchev–Trinajstić information content (AvgIpc) is 2.27. The summed E-state index contributed by atoms with van der Waals surface area (Å²) in [4.78, 5) is 25.4. The van der Waals surface area contributed by atoms with E-state index in [2.05, 4.69) is 10.6 Å². The van der Waals surface area contributed by atoms with E-state index in [0.29, 0.717) is 26.2 Å². The Morgan fingerprint density at radius 2 is 2.11 bits per heavy atom. The standard InChI is InChI=1S/C12H23N3O3/c1-5-18-10(16)9-8-13-6-7-15(9)11(17)14-12(2,3)4/h9,13H,5-8H2,1-4H3,(H,14,17). The number of piperazine rings is 1. The summed E-state index contributed by atoms with van der Waals surface area (Å²) < 4.78 is 4.99. The zero-order chi connectivity index (χ0) is 13.8. The summed E-state index contributed by atoms with van der Waals surface area (Å²) in [6.07, 6.45) is 0. The molecule has 0 aromatic heterocycles. The van der Waals surface area contributed by atoms with Crippen LogP contribution in [0.2, 0.25) is 0 Å². The number of urea groups is 1. The van der Waals surface area contributed by atoms with Gasteiger partial charge in [-0.1, -0.05) is 0 Å². The summed E-state index contributed by atoms with van der Waals surface area (Å²) in [5, 5.41) is 5.97. The lowest BCUT2D eigenvalue weighted by molar-refractivity contribution is -0.148. The Labute approximate surface area is 108 Å². The molecule has 2 amide bonds. The van der Waals surface area contributed by atoms with Crippen molar-refractivity contribution < 1.29 is 14.3 Å². The average molecular weight is 257 g/mol. The molecule has 2 N–H and O–H groups in total. The zero-order valence-corrected chi connectivity index (χ0v) is 11.6. The fourth-order valence-electron chi connectivity index (χ4n) is 1.79. The molecular formula is C12H23N3O3. The minimum atomic E-state index is -0.541. The Bertz CT molecular complexity index is 312. The van der Waals surface area contributed by atoms with Crippen LogP contribution >= 0.6 is 0 Å². The summed E-state index contributed by atoms with van der Waals surface area (Å²) in [6.45, 7) is 9.44. The maximum Gasteiger partial charge on any atom is 0.330 e. The van der Waals surface area contributed by atoms with E-state index < -0.39 is 6.04 Å². The van der Waals surface area contributed by atoms with Gasteiger partial charge in [-0.3, -0.25) is 0 Å². The van der Waals surface area contributed by atoms with Gasteiger partial charge in [0.05, 0.1) is 6.61 Å². The maximum atomic E-state index is 12.1. The van der Waals surface area contributed by atoms with E-state index in [-0.39, 0.29) is 17.5 Å². The highest BCUT2D eigenvalue weighted by molar-refractivity contribution is 5.84. The molecule has 0 bridgehead atoms. The molecule has 6 nitrogen and oxygen atoms in total. The highest BCUT2D eigenvalue weighted by Crippen LogP contribution is 2.08. The number of carbonyl (C=O) groups is 2. The predicted molar refractivity (Wildman–Crippen MR) is 68.3 cm³/mol. The molecule has 1 aliphatic rings. The van der Waals surface area contributed by atoms with E-state index in [9.17, 15) is 9.59 Å². The van der Waals surface area contributed by atoms with Crippen molar-refractivity contribution >= 4 is 12.0 Å². The van der Waals surface area contributed by atoms with Gasteiger partial charge in [-0.05, 0) is 27.7 Å². The van der Waals surface area contributed by atoms with Crippen molar-refractivity contribution in [2.75, 3.05) is 26.2 Å². The fraction of sp³-hybridized carbons (Fsp3) is 0.833. The Kier molecular flexibility index (Phi) is 4.95. The van der Waals surface area contributed by atoms with Crippen molar-refractivity contribution in [1.82, 2.24) is 15.5 Å². The lowest BCUT2D eigenvalue weighted by Gasteiger charge is -2.36. The number of amides is 2.